The summed E-state index contributed by atoms with van der Waals surface area (Å²) < 4.78 is 0. The van der Waals surface area contributed by atoms with E-state index in [2.05, 4.69) is 36.1 Å². The first-order valence-corrected chi connectivity index (χ1v) is 7.14. The molecule has 1 aliphatic heterocycles. The fourth-order valence-corrected chi connectivity index (χ4v) is 2.76. The minimum Gasteiger partial charge on any atom is -0.393 e. The summed E-state index contributed by atoms with van der Waals surface area (Å²) in [4.78, 5) is 3.11. The molecule has 1 aromatic rings. The van der Waals surface area contributed by atoms with Crippen LogP contribution in [0.2, 0.25) is 0 Å². The smallest absolute Gasteiger partial charge is 0.0816 e. The second-order valence-electron chi connectivity index (χ2n) is 5.35. The topological polar surface area (TPSA) is 29.3 Å². The van der Waals surface area contributed by atoms with Crippen molar-refractivity contribution in [1.29, 1.82) is 0 Å². The van der Waals surface area contributed by atoms with Gasteiger partial charge in [0, 0.05) is 12.5 Å². The highest BCUT2D eigenvalue weighted by Crippen LogP contribution is 2.22. The molecule has 1 aliphatic rings. The van der Waals surface area contributed by atoms with Crippen LogP contribution in [-0.4, -0.2) is 29.5 Å². The second-order valence-corrected chi connectivity index (χ2v) is 5.82. The van der Waals surface area contributed by atoms with Crippen LogP contribution in [0, 0.1) is 5.92 Å². The van der Waals surface area contributed by atoms with E-state index in [1.54, 1.807) is 0 Å². The van der Waals surface area contributed by atoms with Gasteiger partial charge in [-0.2, -0.15) is 0 Å². The van der Waals surface area contributed by atoms with Gasteiger partial charge >= 0.3 is 0 Å². The molecule has 0 bridgehead atoms. The Kier molecular flexibility index (Phi) is 4.72. The van der Waals surface area contributed by atoms with Crippen LogP contribution in [0.4, 0.5) is 0 Å². The van der Waals surface area contributed by atoms with Gasteiger partial charge in [-0.05, 0) is 37.4 Å². The SMILES string of the molecule is CC1CCN(CC(C(N)=S)c2ccccc2)CC1. The molecule has 0 amide bonds. The maximum atomic E-state index is 5.92. The molecular formula is C15H22N2S. The van der Waals surface area contributed by atoms with Crippen molar-refractivity contribution in [3.63, 3.8) is 0 Å². The van der Waals surface area contributed by atoms with Crippen molar-refractivity contribution in [3.05, 3.63) is 35.9 Å². The maximum absolute atomic E-state index is 5.92. The zero-order valence-electron chi connectivity index (χ0n) is 11.0. The molecule has 2 rings (SSSR count). The molecule has 3 heteroatoms. The molecule has 1 atom stereocenters. The van der Waals surface area contributed by atoms with Crippen molar-refractivity contribution in [2.45, 2.75) is 25.7 Å². The van der Waals surface area contributed by atoms with E-state index in [-0.39, 0.29) is 5.92 Å². The van der Waals surface area contributed by atoms with Crippen LogP contribution in [0.3, 0.4) is 0 Å². The quantitative estimate of drug-likeness (QED) is 0.846. The Bertz CT molecular complexity index is 383. The third-order valence-corrected chi connectivity index (χ3v) is 4.15. The molecule has 2 nitrogen and oxygen atoms in total. The zero-order valence-corrected chi connectivity index (χ0v) is 11.8. The Hall–Kier alpha value is -0.930. The van der Waals surface area contributed by atoms with Crippen LogP contribution in [0.5, 0.6) is 0 Å². The third kappa shape index (κ3) is 3.53. The minimum absolute atomic E-state index is 0.189. The van der Waals surface area contributed by atoms with E-state index in [1.165, 1.54) is 31.5 Å². The van der Waals surface area contributed by atoms with Crippen LogP contribution in [0.25, 0.3) is 0 Å². The molecule has 0 aliphatic carbocycles. The van der Waals surface area contributed by atoms with E-state index in [1.807, 2.05) is 6.07 Å². The van der Waals surface area contributed by atoms with Gasteiger partial charge < -0.3 is 10.6 Å². The lowest BCUT2D eigenvalue weighted by atomic mass is 9.95. The minimum atomic E-state index is 0.189. The van der Waals surface area contributed by atoms with Crippen molar-refractivity contribution in [2.24, 2.45) is 11.7 Å². The molecule has 1 saturated heterocycles. The molecule has 0 saturated carbocycles. The van der Waals surface area contributed by atoms with Crippen molar-refractivity contribution in [3.8, 4) is 0 Å². The second kappa shape index (κ2) is 6.30. The van der Waals surface area contributed by atoms with Crippen LogP contribution in [0.1, 0.15) is 31.2 Å². The Morgan fingerprint density at radius 1 is 1.33 bits per heavy atom. The number of nitrogens with zero attached hydrogens (tertiary/aromatic N) is 1. The molecule has 0 spiro atoms. The van der Waals surface area contributed by atoms with E-state index in [4.69, 9.17) is 18.0 Å². The summed E-state index contributed by atoms with van der Waals surface area (Å²) in [6, 6.07) is 10.4. The van der Waals surface area contributed by atoms with E-state index >= 15 is 0 Å². The number of nitrogens with two attached hydrogens (primary N) is 1. The Morgan fingerprint density at radius 3 is 2.50 bits per heavy atom. The largest absolute Gasteiger partial charge is 0.393 e. The van der Waals surface area contributed by atoms with Crippen LogP contribution in [-0.2, 0) is 0 Å². The highest BCUT2D eigenvalue weighted by molar-refractivity contribution is 7.80. The maximum Gasteiger partial charge on any atom is 0.0816 e. The molecule has 1 aromatic carbocycles. The van der Waals surface area contributed by atoms with Gasteiger partial charge in [0.1, 0.15) is 0 Å². The summed E-state index contributed by atoms with van der Waals surface area (Å²) >= 11 is 5.24. The first kappa shape index (κ1) is 13.5. The van der Waals surface area contributed by atoms with Crippen molar-refractivity contribution >= 4 is 17.2 Å². The van der Waals surface area contributed by atoms with E-state index < -0.39 is 0 Å². The fraction of sp³-hybridized carbons (Fsp3) is 0.533. The van der Waals surface area contributed by atoms with Gasteiger partial charge in [-0.1, -0.05) is 49.5 Å². The predicted octanol–water partition coefficient (Wildman–Crippen LogP) is 2.79. The number of hydrogen-bond donors (Lipinski definition) is 1. The first-order valence-electron chi connectivity index (χ1n) is 6.73. The number of thiocarbonyl (C=S) groups is 1. The number of likely N-dealkylation sites (tertiary alicyclic amines) is 1. The van der Waals surface area contributed by atoms with Crippen LogP contribution < -0.4 is 5.73 Å². The predicted molar refractivity (Wildman–Crippen MR) is 80.8 cm³/mol. The van der Waals surface area contributed by atoms with Gasteiger partial charge in [0.25, 0.3) is 0 Å². The lowest BCUT2D eigenvalue weighted by Crippen LogP contribution is -2.38. The number of rotatable bonds is 4. The molecule has 0 aromatic heterocycles. The zero-order chi connectivity index (χ0) is 13.0. The summed E-state index contributed by atoms with van der Waals surface area (Å²) in [6.07, 6.45) is 2.58. The van der Waals surface area contributed by atoms with Gasteiger partial charge in [-0.15, -0.1) is 0 Å². The lowest BCUT2D eigenvalue weighted by Gasteiger charge is -2.32. The lowest BCUT2D eigenvalue weighted by molar-refractivity contribution is 0.191. The first-order chi connectivity index (χ1) is 8.66. The molecule has 18 heavy (non-hydrogen) atoms. The Labute approximate surface area is 115 Å². The summed E-state index contributed by atoms with van der Waals surface area (Å²) in [5.74, 6) is 1.05. The molecule has 1 unspecified atom stereocenters. The molecule has 0 radical (unpaired) electrons. The highest BCUT2D eigenvalue weighted by atomic mass is 32.1. The van der Waals surface area contributed by atoms with Crippen molar-refractivity contribution in [2.75, 3.05) is 19.6 Å². The van der Waals surface area contributed by atoms with Crippen LogP contribution in [0.15, 0.2) is 30.3 Å². The summed E-state index contributed by atoms with van der Waals surface area (Å²) in [5, 5.41) is 0. The van der Waals surface area contributed by atoms with Gasteiger partial charge in [-0.25, -0.2) is 0 Å². The third-order valence-electron chi connectivity index (χ3n) is 3.86. The average Bonchev–Trinajstić information content (AvgIpc) is 2.38. The monoisotopic (exact) mass is 262 g/mol. The highest BCUT2D eigenvalue weighted by Gasteiger charge is 2.21. The number of piperidine rings is 1. The number of hydrogen-bond acceptors (Lipinski definition) is 2. The van der Waals surface area contributed by atoms with Crippen molar-refractivity contribution in [1.82, 2.24) is 4.90 Å². The van der Waals surface area contributed by atoms with Gasteiger partial charge in [0.2, 0.25) is 0 Å². The average molecular weight is 262 g/mol. The van der Waals surface area contributed by atoms with Crippen LogP contribution >= 0.6 is 12.2 Å². The molecular weight excluding hydrogens is 240 g/mol. The normalized spacial score (nSPS) is 19.6. The van der Waals surface area contributed by atoms with Gasteiger partial charge in [0.15, 0.2) is 0 Å². The molecule has 2 N–H and O–H groups in total. The van der Waals surface area contributed by atoms with E-state index in [9.17, 15) is 0 Å². The number of benzene rings is 1. The summed E-state index contributed by atoms with van der Waals surface area (Å²) in [7, 11) is 0. The summed E-state index contributed by atoms with van der Waals surface area (Å²) in [6.45, 7) is 5.64. The molecule has 1 fully saturated rings. The van der Waals surface area contributed by atoms with E-state index in [0.29, 0.717) is 4.99 Å². The van der Waals surface area contributed by atoms with Crippen molar-refractivity contribution < 1.29 is 0 Å². The summed E-state index contributed by atoms with van der Waals surface area (Å²) in [5.41, 5.74) is 7.16. The molecule has 98 valence electrons. The van der Waals surface area contributed by atoms with Gasteiger partial charge in [-0.3, -0.25) is 0 Å². The standard InChI is InChI=1S/C15H22N2S/c1-12-7-9-17(10-8-12)11-14(15(16)18)13-5-3-2-4-6-13/h2-6,12,14H,7-11H2,1H3,(H2,16,18). The Balaban J connectivity index is 2.01. The molecule has 1 heterocycles. The Morgan fingerprint density at radius 2 is 1.94 bits per heavy atom. The van der Waals surface area contributed by atoms with E-state index in [0.717, 1.165) is 12.5 Å². The fourth-order valence-electron chi connectivity index (χ4n) is 2.55. The van der Waals surface area contributed by atoms with Gasteiger partial charge in [0.05, 0.1) is 4.99 Å².